The lowest BCUT2D eigenvalue weighted by molar-refractivity contribution is -0.152. The largest absolute Gasteiger partial charge is 0.463 e. The lowest BCUT2D eigenvalue weighted by atomic mass is 10.1. The molecule has 0 aliphatic rings. The SMILES string of the molecule is C/C=C/COC(=O)CCC(=O)OC(C)CCCCCCCC. The molecule has 22 heavy (non-hydrogen) atoms. The summed E-state index contributed by atoms with van der Waals surface area (Å²) in [4.78, 5) is 23.0. The molecule has 0 aromatic carbocycles. The smallest absolute Gasteiger partial charge is 0.306 e. The molecule has 128 valence electrons. The first-order valence-corrected chi connectivity index (χ1v) is 8.56. The summed E-state index contributed by atoms with van der Waals surface area (Å²) in [5.41, 5.74) is 0. The molecule has 0 aromatic rings. The molecule has 0 rings (SSSR count). The Bertz CT molecular complexity index is 323. The van der Waals surface area contributed by atoms with Crippen molar-refractivity contribution >= 4 is 11.9 Å². The number of unbranched alkanes of at least 4 members (excludes halogenated alkanes) is 5. The molecule has 0 saturated heterocycles. The average molecular weight is 312 g/mol. The second-order valence-corrected chi connectivity index (χ2v) is 5.61. The Balaban J connectivity index is 3.58. The molecule has 0 N–H and O–H groups in total. The van der Waals surface area contributed by atoms with Gasteiger partial charge in [-0.15, -0.1) is 0 Å². The average Bonchev–Trinajstić information content (AvgIpc) is 2.49. The first-order chi connectivity index (χ1) is 10.6. The number of carbonyl (C=O) groups is 2. The maximum Gasteiger partial charge on any atom is 0.306 e. The molecule has 0 radical (unpaired) electrons. The molecule has 1 atom stereocenters. The zero-order valence-electron chi connectivity index (χ0n) is 14.4. The van der Waals surface area contributed by atoms with Crippen molar-refractivity contribution in [3.8, 4) is 0 Å². The van der Waals surface area contributed by atoms with E-state index < -0.39 is 0 Å². The number of carbonyl (C=O) groups excluding carboxylic acids is 2. The van der Waals surface area contributed by atoms with E-state index >= 15 is 0 Å². The van der Waals surface area contributed by atoms with Crippen molar-refractivity contribution in [1.29, 1.82) is 0 Å². The summed E-state index contributed by atoms with van der Waals surface area (Å²) in [6.45, 7) is 6.24. The molecule has 1 unspecified atom stereocenters. The van der Waals surface area contributed by atoms with E-state index in [4.69, 9.17) is 9.47 Å². The van der Waals surface area contributed by atoms with Crippen LogP contribution in [0.25, 0.3) is 0 Å². The molecule has 0 saturated carbocycles. The van der Waals surface area contributed by atoms with Crippen LogP contribution in [0.15, 0.2) is 12.2 Å². The number of allylic oxidation sites excluding steroid dienone is 1. The van der Waals surface area contributed by atoms with Gasteiger partial charge >= 0.3 is 11.9 Å². The third-order valence-electron chi connectivity index (χ3n) is 3.41. The van der Waals surface area contributed by atoms with Gasteiger partial charge in [0.05, 0.1) is 18.9 Å². The van der Waals surface area contributed by atoms with E-state index in [0.717, 1.165) is 12.8 Å². The maximum atomic E-state index is 11.6. The van der Waals surface area contributed by atoms with Gasteiger partial charge in [-0.25, -0.2) is 0 Å². The van der Waals surface area contributed by atoms with Gasteiger partial charge in [0.2, 0.25) is 0 Å². The summed E-state index contributed by atoms with van der Waals surface area (Å²) in [5.74, 6) is -0.680. The van der Waals surface area contributed by atoms with Gasteiger partial charge in [-0.05, 0) is 26.7 Å². The third kappa shape index (κ3) is 13.7. The lowest BCUT2D eigenvalue weighted by Gasteiger charge is -2.13. The fourth-order valence-electron chi connectivity index (χ4n) is 2.07. The van der Waals surface area contributed by atoms with Crippen molar-refractivity contribution in [1.82, 2.24) is 0 Å². The van der Waals surface area contributed by atoms with Crippen LogP contribution in [0, 0.1) is 0 Å². The minimum Gasteiger partial charge on any atom is -0.463 e. The summed E-state index contributed by atoms with van der Waals surface area (Å²) < 4.78 is 10.2. The molecule has 0 aromatic heterocycles. The van der Waals surface area contributed by atoms with Crippen LogP contribution in [0.5, 0.6) is 0 Å². The van der Waals surface area contributed by atoms with Crippen LogP contribution in [-0.4, -0.2) is 24.6 Å². The van der Waals surface area contributed by atoms with E-state index in [0.29, 0.717) is 0 Å². The van der Waals surface area contributed by atoms with Crippen LogP contribution >= 0.6 is 0 Å². The summed E-state index contributed by atoms with van der Waals surface area (Å²) >= 11 is 0. The highest BCUT2D eigenvalue weighted by Gasteiger charge is 2.12. The van der Waals surface area contributed by atoms with Crippen LogP contribution in [0.3, 0.4) is 0 Å². The fourth-order valence-corrected chi connectivity index (χ4v) is 2.07. The van der Waals surface area contributed by atoms with Gasteiger partial charge in [0.1, 0.15) is 6.61 Å². The molecule has 0 amide bonds. The summed E-state index contributed by atoms with van der Waals surface area (Å²) in [6.07, 6.45) is 11.9. The lowest BCUT2D eigenvalue weighted by Crippen LogP contribution is -2.16. The monoisotopic (exact) mass is 312 g/mol. The molecule has 0 heterocycles. The van der Waals surface area contributed by atoms with Crippen LogP contribution in [0.2, 0.25) is 0 Å². The topological polar surface area (TPSA) is 52.6 Å². The fraction of sp³-hybridized carbons (Fsp3) is 0.778. The van der Waals surface area contributed by atoms with Crippen molar-refractivity contribution < 1.29 is 19.1 Å². The molecule has 4 heteroatoms. The summed E-state index contributed by atoms with van der Waals surface area (Å²) in [7, 11) is 0. The molecular formula is C18H32O4. The number of hydrogen-bond donors (Lipinski definition) is 0. The first kappa shape index (κ1) is 20.7. The zero-order chi connectivity index (χ0) is 16.6. The van der Waals surface area contributed by atoms with Crippen LogP contribution in [0.1, 0.15) is 78.6 Å². The van der Waals surface area contributed by atoms with Gasteiger partial charge in [0.15, 0.2) is 0 Å². The maximum absolute atomic E-state index is 11.6. The number of esters is 2. The Hall–Kier alpha value is -1.32. The highest BCUT2D eigenvalue weighted by molar-refractivity contribution is 5.77. The van der Waals surface area contributed by atoms with E-state index in [1.165, 1.54) is 32.1 Å². The Morgan fingerprint density at radius 2 is 1.64 bits per heavy atom. The molecule has 0 fully saturated rings. The van der Waals surface area contributed by atoms with Crippen molar-refractivity contribution in [3.63, 3.8) is 0 Å². The molecular weight excluding hydrogens is 280 g/mol. The van der Waals surface area contributed by atoms with E-state index in [1.807, 2.05) is 19.9 Å². The number of ether oxygens (including phenoxy) is 2. The minimum absolute atomic E-state index is 0.0716. The van der Waals surface area contributed by atoms with E-state index in [-0.39, 0.29) is 37.5 Å². The van der Waals surface area contributed by atoms with Crippen molar-refractivity contribution in [2.75, 3.05) is 6.61 Å². The van der Waals surface area contributed by atoms with Gasteiger partial charge in [-0.1, -0.05) is 51.2 Å². The highest BCUT2D eigenvalue weighted by atomic mass is 16.5. The Morgan fingerprint density at radius 3 is 2.32 bits per heavy atom. The Labute approximate surface area is 135 Å². The van der Waals surface area contributed by atoms with Gasteiger partial charge in [-0.2, -0.15) is 0 Å². The Kier molecular flexibility index (Phi) is 13.7. The van der Waals surface area contributed by atoms with Crippen LogP contribution in [0.4, 0.5) is 0 Å². The van der Waals surface area contributed by atoms with E-state index in [2.05, 4.69) is 6.92 Å². The molecule has 0 aliphatic heterocycles. The second-order valence-electron chi connectivity index (χ2n) is 5.61. The predicted octanol–water partition coefficient (Wildman–Crippen LogP) is 4.57. The second kappa shape index (κ2) is 14.6. The highest BCUT2D eigenvalue weighted by Crippen LogP contribution is 2.11. The summed E-state index contributed by atoms with van der Waals surface area (Å²) in [6, 6.07) is 0. The predicted molar refractivity (Wildman–Crippen MR) is 88.6 cm³/mol. The quantitative estimate of drug-likeness (QED) is 0.284. The van der Waals surface area contributed by atoms with Gasteiger partial charge in [0.25, 0.3) is 0 Å². The molecule has 4 nitrogen and oxygen atoms in total. The van der Waals surface area contributed by atoms with Crippen LogP contribution < -0.4 is 0 Å². The normalized spacial score (nSPS) is 12.3. The van der Waals surface area contributed by atoms with Gasteiger partial charge in [-0.3, -0.25) is 9.59 Å². The third-order valence-corrected chi connectivity index (χ3v) is 3.41. The molecule has 0 spiro atoms. The van der Waals surface area contributed by atoms with Gasteiger partial charge < -0.3 is 9.47 Å². The van der Waals surface area contributed by atoms with Crippen molar-refractivity contribution in [3.05, 3.63) is 12.2 Å². The van der Waals surface area contributed by atoms with E-state index in [1.54, 1.807) is 6.08 Å². The number of rotatable bonds is 13. The summed E-state index contributed by atoms with van der Waals surface area (Å²) in [5, 5.41) is 0. The van der Waals surface area contributed by atoms with E-state index in [9.17, 15) is 9.59 Å². The first-order valence-electron chi connectivity index (χ1n) is 8.56. The Morgan fingerprint density at radius 1 is 1.00 bits per heavy atom. The zero-order valence-corrected chi connectivity index (χ0v) is 14.4. The number of hydrogen-bond acceptors (Lipinski definition) is 4. The van der Waals surface area contributed by atoms with Crippen molar-refractivity contribution in [2.24, 2.45) is 0 Å². The van der Waals surface area contributed by atoms with Crippen molar-refractivity contribution in [2.45, 2.75) is 84.7 Å². The standard InChI is InChI=1S/C18H32O4/c1-4-6-8-9-10-11-12-16(3)22-18(20)14-13-17(19)21-15-7-5-2/h5,7,16H,4,6,8-15H2,1-3H3/b7-5+. The van der Waals surface area contributed by atoms with Crippen LogP contribution in [-0.2, 0) is 19.1 Å². The van der Waals surface area contributed by atoms with Gasteiger partial charge in [0, 0.05) is 0 Å². The minimum atomic E-state index is -0.362. The molecule has 0 aliphatic carbocycles. The molecule has 0 bridgehead atoms.